The van der Waals surface area contributed by atoms with Crippen LogP contribution >= 0.6 is 11.8 Å². The summed E-state index contributed by atoms with van der Waals surface area (Å²) in [4.78, 5) is 13.2. The number of imidazole rings is 1. The minimum Gasteiger partial charge on any atom is -0.334 e. The number of benzene rings is 1. The second-order valence-electron chi connectivity index (χ2n) is 5.33. The Morgan fingerprint density at radius 3 is 2.68 bits per heavy atom. The van der Waals surface area contributed by atoms with Crippen LogP contribution in [0.2, 0.25) is 0 Å². The van der Waals surface area contributed by atoms with Gasteiger partial charge in [0.25, 0.3) is 5.89 Å². The lowest BCUT2D eigenvalue weighted by Gasteiger charge is -2.05. The molecule has 0 saturated heterocycles. The van der Waals surface area contributed by atoms with E-state index >= 15 is 0 Å². The summed E-state index contributed by atoms with van der Waals surface area (Å²) in [5.41, 5.74) is 1.91. The van der Waals surface area contributed by atoms with E-state index in [0.29, 0.717) is 24.0 Å². The molecular formula is C18H15N5OS. The van der Waals surface area contributed by atoms with Crippen LogP contribution in [0, 0.1) is 0 Å². The smallest absolute Gasteiger partial charge is 0.257 e. The summed E-state index contributed by atoms with van der Waals surface area (Å²) in [6.07, 6.45) is 5.53. The van der Waals surface area contributed by atoms with Gasteiger partial charge in [0.2, 0.25) is 0 Å². The third kappa shape index (κ3) is 3.77. The molecule has 1 aromatic carbocycles. The summed E-state index contributed by atoms with van der Waals surface area (Å²) in [7, 11) is 0. The number of thioether (sulfide) groups is 1. The van der Waals surface area contributed by atoms with E-state index in [4.69, 9.17) is 4.52 Å². The molecule has 0 fully saturated rings. The molecule has 0 saturated carbocycles. The van der Waals surface area contributed by atoms with E-state index in [1.165, 1.54) is 0 Å². The molecule has 0 aliphatic rings. The largest absolute Gasteiger partial charge is 0.334 e. The van der Waals surface area contributed by atoms with Gasteiger partial charge in [-0.1, -0.05) is 41.2 Å². The molecule has 0 N–H and O–H groups in total. The molecule has 0 aliphatic heterocycles. The van der Waals surface area contributed by atoms with Crippen LogP contribution in [0.15, 0.2) is 76.8 Å². The molecule has 0 unspecified atom stereocenters. The SMILES string of the molecule is c1ccc(-c2nc(CSc3nccn3Cc3ccccn3)no2)cc1. The van der Waals surface area contributed by atoms with Gasteiger partial charge in [0, 0.05) is 24.2 Å². The first-order valence-corrected chi connectivity index (χ1v) is 8.79. The van der Waals surface area contributed by atoms with Crippen molar-refractivity contribution in [3.05, 3.63) is 78.6 Å². The van der Waals surface area contributed by atoms with E-state index in [9.17, 15) is 0 Å². The van der Waals surface area contributed by atoms with Crippen LogP contribution in [0.25, 0.3) is 11.5 Å². The molecule has 0 spiro atoms. The van der Waals surface area contributed by atoms with Crippen LogP contribution in [0.3, 0.4) is 0 Å². The van der Waals surface area contributed by atoms with Crippen molar-refractivity contribution in [2.75, 3.05) is 0 Å². The lowest BCUT2D eigenvalue weighted by atomic mass is 10.2. The van der Waals surface area contributed by atoms with E-state index in [1.807, 2.05) is 54.7 Å². The molecule has 0 amide bonds. The van der Waals surface area contributed by atoms with Crippen molar-refractivity contribution in [3.63, 3.8) is 0 Å². The molecule has 25 heavy (non-hydrogen) atoms. The second-order valence-corrected chi connectivity index (χ2v) is 6.27. The van der Waals surface area contributed by atoms with Gasteiger partial charge in [0.05, 0.1) is 18.0 Å². The van der Waals surface area contributed by atoms with Gasteiger partial charge in [-0.05, 0) is 24.3 Å². The van der Waals surface area contributed by atoms with Gasteiger partial charge in [0.15, 0.2) is 11.0 Å². The summed E-state index contributed by atoms with van der Waals surface area (Å²) in [6, 6.07) is 15.6. The lowest BCUT2D eigenvalue weighted by Crippen LogP contribution is -2.02. The van der Waals surface area contributed by atoms with E-state index in [0.717, 1.165) is 16.4 Å². The Morgan fingerprint density at radius 1 is 0.960 bits per heavy atom. The normalized spacial score (nSPS) is 10.9. The first kappa shape index (κ1) is 15.6. The van der Waals surface area contributed by atoms with Crippen LogP contribution < -0.4 is 0 Å². The average Bonchev–Trinajstić information content (AvgIpc) is 3.31. The average molecular weight is 349 g/mol. The third-order valence-corrected chi connectivity index (χ3v) is 4.56. The maximum absolute atomic E-state index is 5.33. The van der Waals surface area contributed by atoms with Gasteiger partial charge >= 0.3 is 0 Å². The molecule has 0 bridgehead atoms. The highest BCUT2D eigenvalue weighted by molar-refractivity contribution is 7.98. The molecule has 3 heterocycles. The van der Waals surface area contributed by atoms with Crippen LogP contribution in [-0.2, 0) is 12.3 Å². The molecular weight excluding hydrogens is 334 g/mol. The fraction of sp³-hybridized carbons (Fsp3) is 0.111. The number of nitrogens with zero attached hydrogens (tertiary/aromatic N) is 5. The number of rotatable bonds is 6. The van der Waals surface area contributed by atoms with Crippen molar-refractivity contribution >= 4 is 11.8 Å². The Kier molecular flexibility index (Phi) is 4.56. The van der Waals surface area contributed by atoms with Gasteiger partial charge in [0.1, 0.15) is 0 Å². The van der Waals surface area contributed by atoms with E-state index in [-0.39, 0.29) is 0 Å². The Morgan fingerprint density at radius 2 is 1.84 bits per heavy atom. The highest BCUT2D eigenvalue weighted by Gasteiger charge is 2.11. The van der Waals surface area contributed by atoms with Gasteiger partial charge in [-0.15, -0.1) is 0 Å². The van der Waals surface area contributed by atoms with Crippen LogP contribution in [-0.4, -0.2) is 24.7 Å². The predicted molar refractivity (Wildman–Crippen MR) is 94.9 cm³/mol. The molecule has 124 valence electrons. The fourth-order valence-corrected chi connectivity index (χ4v) is 3.16. The minimum absolute atomic E-state index is 0.535. The van der Waals surface area contributed by atoms with E-state index in [2.05, 4.69) is 24.7 Å². The number of pyridine rings is 1. The van der Waals surface area contributed by atoms with Crippen molar-refractivity contribution in [1.82, 2.24) is 24.7 Å². The monoisotopic (exact) mass is 349 g/mol. The number of hydrogen-bond acceptors (Lipinski definition) is 6. The topological polar surface area (TPSA) is 69.6 Å². The number of hydrogen-bond donors (Lipinski definition) is 0. The molecule has 0 radical (unpaired) electrons. The van der Waals surface area contributed by atoms with Crippen LogP contribution in [0.5, 0.6) is 0 Å². The van der Waals surface area contributed by atoms with Gasteiger partial charge in [-0.3, -0.25) is 4.98 Å². The van der Waals surface area contributed by atoms with Crippen molar-refractivity contribution in [2.45, 2.75) is 17.5 Å². The van der Waals surface area contributed by atoms with Gasteiger partial charge in [-0.2, -0.15) is 4.98 Å². The Bertz CT molecular complexity index is 936. The minimum atomic E-state index is 0.535. The van der Waals surface area contributed by atoms with E-state index in [1.54, 1.807) is 24.2 Å². The van der Waals surface area contributed by atoms with E-state index < -0.39 is 0 Å². The van der Waals surface area contributed by atoms with Crippen molar-refractivity contribution in [1.29, 1.82) is 0 Å². The first-order chi connectivity index (χ1) is 12.4. The summed E-state index contributed by atoms with van der Waals surface area (Å²) in [6.45, 7) is 0.685. The predicted octanol–water partition coefficient (Wildman–Crippen LogP) is 3.67. The van der Waals surface area contributed by atoms with Gasteiger partial charge in [-0.25, -0.2) is 4.98 Å². The highest BCUT2D eigenvalue weighted by Crippen LogP contribution is 2.22. The standard InChI is InChI=1S/C18H15N5OS/c1-2-6-14(7-3-1)17-21-16(22-24-17)13-25-18-20-10-11-23(18)12-15-8-4-5-9-19-15/h1-11H,12-13H2. The van der Waals surface area contributed by atoms with Crippen LogP contribution in [0.4, 0.5) is 0 Å². The third-order valence-electron chi connectivity index (χ3n) is 3.55. The zero-order chi connectivity index (χ0) is 16.9. The maximum Gasteiger partial charge on any atom is 0.257 e. The summed E-state index contributed by atoms with van der Waals surface area (Å²) >= 11 is 1.57. The highest BCUT2D eigenvalue weighted by atomic mass is 32.2. The van der Waals surface area contributed by atoms with Crippen LogP contribution in [0.1, 0.15) is 11.5 Å². The molecule has 0 atom stereocenters. The van der Waals surface area contributed by atoms with Crippen molar-refractivity contribution < 1.29 is 4.52 Å². The Balaban J connectivity index is 1.43. The number of aromatic nitrogens is 5. The molecule has 7 heteroatoms. The quantitative estimate of drug-likeness (QED) is 0.495. The Hall–Kier alpha value is -2.93. The first-order valence-electron chi connectivity index (χ1n) is 7.80. The summed E-state index contributed by atoms with van der Waals surface area (Å²) in [5, 5.41) is 4.95. The summed E-state index contributed by atoms with van der Waals surface area (Å²) < 4.78 is 7.40. The lowest BCUT2D eigenvalue weighted by molar-refractivity contribution is 0.425. The maximum atomic E-state index is 5.33. The summed E-state index contributed by atoms with van der Waals surface area (Å²) in [5.74, 6) is 1.78. The molecule has 4 aromatic rings. The molecule has 3 aromatic heterocycles. The zero-order valence-electron chi connectivity index (χ0n) is 13.3. The molecule has 0 aliphatic carbocycles. The van der Waals surface area contributed by atoms with Crippen molar-refractivity contribution in [2.24, 2.45) is 0 Å². The zero-order valence-corrected chi connectivity index (χ0v) is 14.1. The van der Waals surface area contributed by atoms with Crippen molar-refractivity contribution in [3.8, 4) is 11.5 Å². The molecule has 4 rings (SSSR count). The fourth-order valence-electron chi connectivity index (χ4n) is 2.36. The Labute approximate surface area is 148 Å². The second kappa shape index (κ2) is 7.31. The molecule has 6 nitrogen and oxygen atoms in total. The van der Waals surface area contributed by atoms with Gasteiger partial charge < -0.3 is 9.09 Å².